The molecule has 0 fully saturated rings. The van der Waals surface area contributed by atoms with Crippen molar-refractivity contribution in [3.05, 3.63) is 76.3 Å². The highest BCUT2D eigenvalue weighted by Gasteiger charge is 2.11. The van der Waals surface area contributed by atoms with Crippen LogP contribution in [0.25, 0.3) is 6.08 Å². The second-order valence-corrected chi connectivity index (χ2v) is 5.91. The zero-order chi connectivity index (χ0) is 24.5. The number of benzene rings is 2. The minimum Gasteiger partial charge on any atom is -0.494 e. The minimum atomic E-state index is -0.633. The topological polar surface area (TPSA) is 65.0 Å². The first kappa shape index (κ1) is 29.1. The summed E-state index contributed by atoms with van der Waals surface area (Å²) in [6.07, 6.45) is 3.89. The van der Waals surface area contributed by atoms with Crippen LogP contribution in [0.2, 0.25) is 0 Å². The molecular formula is C22H23BrF4O5. The molecule has 2 rings (SSSR count). The van der Waals surface area contributed by atoms with Crippen LogP contribution in [-0.4, -0.2) is 38.5 Å². The lowest BCUT2D eigenvalue weighted by atomic mass is 10.1. The summed E-state index contributed by atoms with van der Waals surface area (Å²) >= 11 is 2.94. The molecule has 0 aromatic heterocycles. The van der Waals surface area contributed by atoms with Gasteiger partial charge in [0.2, 0.25) is 0 Å². The van der Waals surface area contributed by atoms with Crippen LogP contribution in [0.1, 0.15) is 12.5 Å². The van der Waals surface area contributed by atoms with Gasteiger partial charge in [-0.3, -0.25) is 0 Å². The molecule has 0 spiro atoms. The molecule has 0 aliphatic heterocycles. The van der Waals surface area contributed by atoms with E-state index in [0.29, 0.717) is 6.61 Å². The maximum atomic E-state index is 13.2. The third-order valence-electron chi connectivity index (χ3n) is 3.29. The van der Waals surface area contributed by atoms with Crippen molar-refractivity contribution in [2.75, 3.05) is 27.4 Å². The van der Waals surface area contributed by atoms with Gasteiger partial charge in [-0.25, -0.2) is 22.4 Å². The number of aliphatic hydroxyl groups is 1. The minimum absolute atomic E-state index is 0.00144. The number of carbonyl (C=O) groups is 1. The van der Waals surface area contributed by atoms with Crippen molar-refractivity contribution in [1.82, 2.24) is 0 Å². The Hall–Kier alpha value is -2.85. The van der Waals surface area contributed by atoms with Gasteiger partial charge in [-0.05, 0) is 42.3 Å². The molecule has 0 saturated carbocycles. The molecule has 176 valence electrons. The first-order valence-electron chi connectivity index (χ1n) is 8.97. The normalized spacial score (nSPS) is 10.2. The van der Waals surface area contributed by atoms with Crippen molar-refractivity contribution in [3.8, 4) is 11.5 Å². The van der Waals surface area contributed by atoms with Gasteiger partial charge in [0.05, 0.1) is 33.0 Å². The van der Waals surface area contributed by atoms with Crippen molar-refractivity contribution in [2.24, 2.45) is 0 Å². The van der Waals surface area contributed by atoms with E-state index < -0.39 is 23.3 Å². The number of aliphatic hydroxyl groups excluding tert-OH is 1. The molecule has 2 aromatic rings. The van der Waals surface area contributed by atoms with Gasteiger partial charge in [0, 0.05) is 12.1 Å². The fourth-order valence-corrected chi connectivity index (χ4v) is 2.17. The van der Waals surface area contributed by atoms with E-state index in [1.807, 2.05) is 0 Å². The lowest BCUT2D eigenvalue weighted by molar-refractivity contribution is -0.137. The largest absolute Gasteiger partial charge is 0.494 e. The standard InChI is InChI=1S/C10H10F2O2.C7H6F2O.C5H7BrO2/c1-14-10-7(3-2-6-13)8(11)4-5-9(10)12;1-10-7-4-5(8)2-3-6(7)9;1-2-8-5(7)3-4-6/h2-5,13H,6H2,1H3;2-4H,1H3;3-4H,2H2,1H3/b3-2-;;4-3-. The predicted octanol–water partition coefficient (Wildman–Crippen LogP) is 5.41. The molecule has 10 heteroatoms. The maximum absolute atomic E-state index is 13.2. The number of methoxy groups -OCH3 is 2. The molecule has 0 aliphatic carbocycles. The Morgan fingerprint density at radius 1 is 1.03 bits per heavy atom. The second kappa shape index (κ2) is 16.8. The zero-order valence-corrected chi connectivity index (χ0v) is 19.2. The van der Waals surface area contributed by atoms with Crippen molar-refractivity contribution in [3.63, 3.8) is 0 Å². The highest BCUT2D eigenvalue weighted by atomic mass is 79.9. The number of esters is 1. The first-order valence-corrected chi connectivity index (χ1v) is 9.89. The highest BCUT2D eigenvalue weighted by Crippen LogP contribution is 2.26. The van der Waals surface area contributed by atoms with Crippen LogP contribution < -0.4 is 9.47 Å². The number of rotatable bonds is 6. The number of hydrogen-bond donors (Lipinski definition) is 1. The number of carbonyl (C=O) groups excluding carboxylic acids is 1. The van der Waals surface area contributed by atoms with Crippen LogP contribution in [0.3, 0.4) is 0 Å². The van der Waals surface area contributed by atoms with Crippen LogP contribution in [0.4, 0.5) is 17.6 Å². The highest BCUT2D eigenvalue weighted by molar-refractivity contribution is 9.11. The van der Waals surface area contributed by atoms with E-state index in [1.54, 1.807) is 6.92 Å². The second-order valence-electron chi connectivity index (χ2n) is 5.38. The Morgan fingerprint density at radius 3 is 2.16 bits per heavy atom. The van der Waals surface area contributed by atoms with Gasteiger partial charge in [-0.2, -0.15) is 0 Å². The van der Waals surface area contributed by atoms with Crippen LogP contribution in [0, 0.1) is 23.3 Å². The molecule has 0 heterocycles. The quantitative estimate of drug-likeness (QED) is 0.312. The molecule has 0 atom stereocenters. The zero-order valence-electron chi connectivity index (χ0n) is 17.6. The van der Waals surface area contributed by atoms with E-state index in [1.165, 1.54) is 37.4 Å². The van der Waals surface area contributed by atoms with Gasteiger partial charge in [-0.1, -0.05) is 22.0 Å². The molecule has 2 aromatic carbocycles. The average molecular weight is 523 g/mol. The number of halogens is 5. The molecule has 32 heavy (non-hydrogen) atoms. The van der Waals surface area contributed by atoms with Gasteiger partial charge >= 0.3 is 5.97 Å². The van der Waals surface area contributed by atoms with Crippen LogP contribution in [0.15, 0.2) is 47.5 Å². The summed E-state index contributed by atoms with van der Waals surface area (Å²) in [5.74, 6) is -2.82. The first-order chi connectivity index (χ1) is 15.2. The fourth-order valence-electron chi connectivity index (χ4n) is 1.96. The van der Waals surface area contributed by atoms with Crippen LogP contribution >= 0.6 is 15.9 Å². The van der Waals surface area contributed by atoms with Gasteiger partial charge in [0.1, 0.15) is 11.6 Å². The summed E-state index contributed by atoms with van der Waals surface area (Å²) in [6, 6.07) is 5.06. The van der Waals surface area contributed by atoms with Crippen LogP contribution in [-0.2, 0) is 9.53 Å². The lowest BCUT2D eigenvalue weighted by Gasteiger charge is -2.06. The third kappa shape index (κ3) is 11.0. The van der Waals surface area contributed by atoms with Gasteiger partial charge in [-0.15, -0.1) is 0 Å². The smallest absolute Gasteiger partial charge is 0.331 e. The maximum Gasteiger partial charge on any atom is 0.331 e. The Balaban J connectivity index is 0.000000472. The summed E-state index contributed by atoms with van der Waals surface area (Å²) < 4.78 is 64.7. The van der Waals surface area contributed by atoms with Crippen molar-refractivity contribution in [2.45, 2.75) is 6.92 Å². The predicted molar refractivity (Wildman–Crippen MR) is 117 cm³/mol. The van der Waals surface area contributed by atoms with Crippen molar-refractivity contribution >= 4 is 28.0 Å². The summed E-state index contributed by atoms with van der Waals surface area (Å²) in [7, 11) is 2.55. The number of hydrogen-bond acceptors (Lipinski definition) is 5. The molecular weight excluding hydrogens is 500 g/mol. The summed E-state index contributed by atoms with van der Waals surface area (Å²) in [5, 5.41) is 8.51. The van der Waals surface area contributed by atoms with E-state index in [0.717, 1.165) is 30.3 Å². The van der Waals surface area contributed by atoms with Gasteiger partial charge in [0.25, 0.3) is 0 Å². The van der Waals surface area contributed by atoms with E-state index in [4.69, 9.17) is 9.84 Å². The van der Waals surface area contributed by atoms with E-state index in [9.17, 15) is 22.4 Å². The Morgan fingerprint density at radius 2 is 1.66 bits per heavy atom. The van der Waals surface area contributed by atoms with Crippen molar-refractivity contribution < 1.29 is 41.7 Å². The summed E-state index contributed by atoms with van der Waals surface area (Å²) in [6.45, 7) is 1.95. The van der Waals surface area contributed by atoms with Gasteiger partial charge in [0.15, 0.2) is 23.1 Å². The van der Waals surface area contributed by atoms with E-state index in [-0.39, 0.29) is 29.6 Å². The van der Waals surface area contributed by atoms with Gasteiger partial charge < -0.3 is 19.3 Å². The Bertz CT molecular complexity index is 904. The summed E-state index contributed by atoms with van der Waals surface area (Å²) in [4.78, 5) is 11.8. The molecule has 0 unspecified atom stereocenters. The van der Waals surface area contributed by atoms with E-state index in [2.05, 4.69) is 25.4 Å². The Kier molecular flexibility index (Phi) is 15.3. The fraction of sp³-hybridized carbons (Fsp3) is 0.227. The SMILES string of the molecule is CCOC(=O)/C=C\Br.COc1c(F)ccc(F)c1/C=C\CO.COc1cc(F)ccc1F. The Labute approximate surface area is 192 Å². The lowest BCUT2D eigenvalue weighted by Crippen LogP contribution is -1.97. The molecule has 0 saturated heterocycles. The monoisotopic (exact) mass is 522 g/mol. The molecule has 0 bridgehead atoms. The third-order valence-corrected chi connectivity index (χ3v) is 3.55. The van der Waals surface area contributed by atoms with Crippen LogP contribution in [0.5, 0.6) is 11.5 Å². The molecule has 1 N–H and O–H groups in total. The molecule has 0 aliphatic rings. The molecule has 0 radical (unpaired) electrons. The average Bonchev–Trinajstić information content (AvgIpc) is 2.77. The van der Waals surface area contributed by atoms with E-state index >= 15 is 0 Å². The molecule has 5 nitrogen and oxygen atoms in total. The number of ether oxygens (including phenoxy) is 3. The molecule has 0 amide bonds. The van der Waals surface area contributed by atoms with Crippen molar-refractivity contribution in [1.29, 1.82) is 0 Å². The summed E-state index contributed by atoms with van der Waals surface area (Å²) in [5.41, 5.74) is 0.00144.